The van der Waals surface area contributed by atoms with Crippen molar-refractivity contribution in [1.82, 2.24) is 15.1 Å². The number of hydrogen-bond donors (Lipinski definition) is 2. The third kappa shape index (κ3) is 2.61. The molecule has 2 aliphatic carbocycles. The fraction of sp³-hybridized carbons (Fsp3) is 0.609. The van der Waals surface area contributed by atoms with Crippen molar-refractivity contribution in [3.05, 3.63) is 35.1 Å². The highest BCUT2D eigenvalue weighted by molar-refractivity contribution is 5.70. The van der Waals surface area contributed by atoms with Gasteiger partial charge in [0.15, 0.2) is 17.6 Å². The zero-order chi connectivity index (χ0) is 22.0. The molecule has 2 heterocycles. The summed E-state index contributed by atoms with van der Waals surface area (Å²) in [7, 11) is 7.26. The van der Waals surface area contributed by atoms with Gasteiger partial charge in [0.1, 0.15) is 5.76 Å². The Balaban J connectivity index is 1.59. The van der Waals surface area contributed by atoms with Gasteiger partial charge in [0.25, 0.3) is 0 Å². The molecule has 8 nitrogen and oxygen atoms in total. The second-order valence-electron chi connectivity index (χ2n) is 9.18. The molecule has 0 aromatic heterocycles. The zero-order valence-corrected chi connectivity index (χ0v) is 18.6. The predicted molar refractivity (Wildman–Crippen MR) is 115 cm³/mol. The molecule has 168 valence electrons. The third-order valence-electron chi connectivity index (χ3n) is 7.77. The van der Waals surface area contributed by atoms with E-state index in [2.05, 4.69) is 23.3 Å². The first-order valence-electron chi connectivity index (χ1n) is 10.9. The lowest BCUT2D eigenvalue weighted by Gasteiger charge is -2.61. The number of carbonyl (C=O) groups is 1. The van der Waals surface area contributed by atoms with Gasteiger partial charge in [0, 0.05) is 38.2 Å². The van der Waals surface area contributed by atoms with E-state index in [0.717, 1.165) is 24.9 Å². The molecular weight excluding hydrogens is 398 g/mol. The number of carbonyl (C=O) groups excluding carboxylic acids is 1. The second kappa shape index (κ2) is 7.12. The minimum atomic E-state index is -0.997. The molecule has 0 saturated carbocycles. The first-order valence-corrected chi connectivity index (χ1v) is 10.9. The summed E-state index contributed by atoms with van der Waals surface area (Å²) in [5, 5.41) is 15.2. The number of nitrogens with one attached hydrogen (secondary N) is 1. The highest BCUT2D eigenvalue weighted by atomic mass is 16.6. The van der Waals surface area contributed by atoms with Crippen molar-refractivity contribution in [1.29, 1.82) is 0 Å². The Morgan fingerprint density at radius 2 is 2.26 bits per heavy atom. The van der Waals surface area contributed by atoms with E-state index in [1.54, 1.807) is 19.1 Å². The predicted octanol–water partition coefficient (Wildman–Crippen LogP) is 1.26. The first kappa shape index (κ1) is 20.6. The summed E-state index contributed by atoms with van der Waals surface area (Å²) in [5.41, 5.74) is 0.561. The van der Waals surface area contributed by atoms with E-state index < -0.39 is 23.2 Å². The maximum atomic E-state index is 12.8. The quantitative estimate of drug-likeness (QED) is 0.729. The number of ether oxygens (including phenoxy) is 3. The molecule has 1 aromatic rings. The minimum absolute atomic E-state index is 0.0222. The van der Waals surface area contributed by atoms with Crippen LogP contribution in [0.1, 0.15) is 24.0 Å². The molecule has 0 radical (unpaired) electrons. The van der Waals surface area contributed by atoms with Crippen molar-refractivity contribution in [2.75, 3.05) is 47.9 Å². The Morgan fingerprint density at radius 1 is 1.45 bits per heavy atom. The lowest BCUT2D eigenvalue weighted by molar-refractivity contribution is -0.163. The smallest absolute Gasteiger partial charge is 0.414 e. The van der Waals surface area contributed by atoms with Crippen LogP contribution in [0.15, 0.2) is 24.0 Å². The number of amides is 1. The van der Waals surface area contributed by atoms with Crippen molar-refractivity contribution < 1.29 is 24.1 Å². The average Bonchev–Trinajstić information content (AvgIpc) is 3.12. The minimum Gasteiger partial charge on any atom is -0.493 e. The van der Waals surface area contributed by atoms with E-state index in [-0.39, 0.29) is 6.04 Å². The van der Waals surface area contributed by atoms with E-state index in [0.29, 0.717) is 36.8 Å². The summed E-state index contributed by atoms with van der Waals surface area (Å²) in [4.78, 5) is 16.5. The Hall–Kier alpha value is -2.29. The number of rotatable bonds is 5. The van der Waals surface area contributed by atoms with Crippen LogP contribution in [0.4, 0.5) is 4.79 Å². The molecule has 1 saturated heterocycles. The Kier molecular flexibility index (Phi) is 4.73. The number of nitrogens with zero attached hydrogens (tertiary/aromatic N) is 2. The fourth-order valence-corrected chi connectivity index (χ4v) is 6.14. The first-order chi connectivity index (χ1) is 14.9. The van der Waals surface area contributed by atoms with E-state index in [1.165, 1.54) is 5.56 Å². The molecular formula is C23H31N3O5. The summed E-state index contributed by atoms with van der Waals surface area (Å²) in [5.74, 6) is 1.82. The van der Waals surface area contributed by atoms with Gasteiger partial charge in [0.05, 0.1) is 18.1 Å². The Bertz CT molecular complexity index is 949. The van der Waals surface area contributed by atoms with Crippen LogP contribution in [0.5, 0.6) is 11.5 Å². The summed E-state index contributed by atoms with van der Waals surface area (Å²) < 4.78 is 18.0. The maximum absolute atomic E-state index is 12.8. The van der Waals surface area contributed by atoms with Gasteiger partial charge in [0.2, 0.25) is 0 Å². The number of methoxy groups -OCH3 is 1. The molecule has 4 aliphatic rings. The van der Waals surface area contributed by atoms with E-state index in [1.807, 2.05) is 19.2 Å². The monoisotopic (exact) mass is 429 g/mol. The third-order valence-corrected chi connectivity index (χ3v) is 7.77. The number of piperidine rings is 1. The van der Waals surface area contributed by atoms with Crippen molar-refractivity contribution in [3.8, 4) is 11.5 Å². The van der Waals surface area contributed by atoms with E-state index in [9.17, 15) is 9.90 Å². The summed E-state index contributed by atoms with van der Waals surface area (Å²) >= 11 is 0. The molecule has 0 unspecified atom stereocenters. The van der Waals surface area contributed by atoms with Crippen LogP contribution in [0, 0.1) is 0 Å². The molecule has 2 aliphatic heterocycles. The highest BCUT2D eigenvalue weighted by Crippen LogP contribution is 2.65. The van der Waals surface area contributed by atoms with E-state index >= 15 is 0 Å². The number of likely N-dealkylation sites (N-methyl/N-ethyl adjacent to an activating group) is 3. The van der Waals surface area contributed by atoms with Gasteiger partial charge >= 0.3 is 6.09 Å². The number of likely N-dealkylation sites (tertiary alicyclic amines) is 1. The van der Waals surface area contributed by atoms with Crippen LogP contribution in [-0.2, 0) is 16.6 Å². The summed E-state index contributed by atoms with van der Waals surface area (Å²) in [6.07, 6.45) is 2.76. The Labute approximate surface area is 182 Å². The molecule has 2 bridgehead atoms. The van der Waals surface area contributed by atoms with Gasteiger partial charge in [-0.05, 0) is 51.2 Å². The van der Waals surface area contributed by atoms with Gasteiger partial charge in [-0.1, -0.05) is 6.07 Å². The lowest BCUT2D eigenvalue weighted by Crippen LogP contribution is -2.74. The zero-order valence-electron chi connectivity index (χ0n) is 18.6. The van der Waals surface area contributed by atoms with E-state index in [4.69, 9.17) is 14.2 Å². The molecule has 2 N–H and O–H groups in total. The maximum Gasteiger partial charge on any atom is 0.414 e. The Morgan fingerprint density at radius 3 is 3.00 bits per heavy atom. The van der Waals surface area contributed by atoms with Gasteiger partial charge < -0.3 is 34.4 Å². The molecule has 5 rings (SSSR count). The van der Waals surface area contributed by atoms with Crippen LogP contribution in [0.25, 0.3) is 0 Å². The fourth-order valence-electron chi connectivity index (χ4n) is 6.14. The number of aliphatic hydroxyl groups is 1. The van der Waals surface area contributed by atoms with Crippen molar-refractivity contribution in [3.63, 3.8) is 0 Å². The molecule has 1 amide bonds. The van der Waals surface area contributed by atoms with Crippen LogP contribution < -0.4 is 14.8 Å². The number of benzene rings is 1. The molecule has 1 fully saturated rings. The summed E-state index contributed by atoms with van der Waals surface area (Å²) in [6.45, 7) is 2.05. The van der Waals surface area contributed by atoms with Gasteiger partial charge in [-0.25, -0.2) is 4.79 Å². The standard InChI is InChI=1S/C23H31N3O5/c1-24-10-12-26(3)21(27)30-16-7-8-23(28)17-13-14-5-6-15(29-4)19-18(14)22(23,20(16)31-19)9-11-25(17)2/h5-7,17,20,24,28H,8-13H2,1-4H3/t17-,20+,22+,23-/m1/s1. The van der Waals surface area contributed by atoms with Gasteiger partial charge in [-0.2, -0.15) is 0 Å². The summed E-state index contributed by atoms with van der Waals surface area (Å²) in [6, 6.07) is 4.00. The van der Waals surface area contributed by atoms with Crippen LogP contribution in [0.2, 0.25) is 0 Å². The van der Waals surface area contributed by atoms with Crippen molar-refractivity contribution in [2.24, 2.45) is 0 Å². The molecule has 8 heteroatoms. The lowest BCUT2D eigenvalue weighted by atomic mass is 9.50. The highest BCUT2D eigenvalue weighted by Gasteiger charge is 2.72. The molecule has 31 heavy (non-hydrogen) atoms. The molecule has 1 spiro atoms. The van der Waals surface area contributed by atoms with Gasteiger partial charge in [-0.15, -0.1) is 0 Å². The molecule has 1 aromatic carbocycles. The largest absolute Gasteiger partial charge is 0.493 e. The molecule has 4 atom stereocenters. The van der Waals surface area contributed by atoms with Crippen LogP contribution >= 0.6 is 0 Å². The second-order valence-corrected chi connectivity index (χ2v) is 9.18. The van der Waals surface area contributed by atoms with Crippen molar-refractivity contribution in [2.45, 2.75) is 42.4 Å². The van der Waals surface area contributed by atoms with Gasteiger partial charge in [-0.3, -0.25) is 0 Å². The number of hydrogen-bond acceptors (Lipinski definition) is 7. The van der Waals surface area contributed by atoms with Crippen LogP contribution in [-0.4, -0.2) is 86.6 Å². The van der Waals surface area contributed by atoms with Crippen LogP contribution in [0.3, 0.4) is 0 Å². The normalized spacial score (nSPS) is 32.6. The average molecular weight is 430 g/mol. The SMILES string of the molecule is CNCCN(C)C(=O)OC1=CC[C@@]2(O)[C@H]3Cc4ccc(OC)c5c4[C@@]2(CCN3C)[C@H]1O5. The van der Waals surface area contributed by atoms with Crippen molar-refractivity contribution >= 4 is 6.09 Å². The topological polar surface area (TPSA) is 83.5 Å².